The summed E-state index contributed by atoms with van der Waals surface area (Å²) < 4.78 is 11.0. The Morgan fingerprint density at radius 2 is 2.38 bits per heavy atom. The van der Waals surface area contributed by atoms with Gasteiger partial charge in [0.25, 0.3) is 0 Å². The van der Waals surface area contributed by atoms with E-state index in [1.54, 1.807) is 7.11 Å². The SMILES string of the molecule is CCN1CCOC(CNc2cc(OC)ccc2C(N)=S)C1. The number of thiocarbonyl (C=S) groups is 1. The lowest BCUT2D eigenvalue weighted by Crippen LogP contribution is -2.45. The fourth-order valence-electron chi connectivity index (χ4n) is 2.43. The highest BCUT2D eigenvalue weighted by Crippen LogP contribution is 2.23. The lowest BCUT2D eigenvalue weighted by atomic mass is 10.1. The Hall–Kier alpha value is -1.37. The highest BCUT2D eigenvalue weighted by atomic mass is 32.1. The first-order chi connectivity index (χ1) is 10.1. The number of morpholine rings is 1. The Morgan fingerprint density at radius 3 is 3.05 bits per heavy atom. The van der Waals surface area contributed by atoms with Crippen LogP contribution < -0.4 is 15.8 Å². The first kappa shape index (κ1) is 16.0. The van der Waals surface area contributed by atoms with Crippen LogP contribution in [0.15, 0.2) is 18.2 Å². The summed E-state index contributed by atoms with van der Waals surface area (Å²) in [6.45, 7) is 6.67. The molecule has 2 rings (SSSR count). The van der Waals surface area contributed by atoms with E-state index in [9.17, 15) is 0 Å². The number of nitrogens with zero attached hydrogens (tertiary/aromatic N) is 1. The van der Waals surface area contributed by atoms with Gasteiger partial charge in [0.15, 0.2) is 0 Å². The molecule has 1 aliphatic heterocycles. The maximum Gasteiger partial charge on any atom is 0.120 e. The van der Waals surface area contributed by atoms with Crippen LogP contribution in [0.4, 0.5) is 5.69 Å². The van der Waals surface area contributed by atoms with E-state index >= 15 is 0 Å². The van der Waals surface area contributed by atoms with Crippen molar-refractivity contribution >= 4 is 22.9 Å². The number of rotatable bonds is 6. The predicted molar refractivity (Wildman–Crippen MR) is 89.2 cm³/mol. The van der Waals surface area contributed by atoms with E-state index < -0.39 is 0 Å². The lowest BCUT2D eigenvalue weighted by molar-refractivity contribution is -0.0191. The van der Waals surface area contributed by atoms with Crippen molar-refractivity contribution in [3.8, 4) is 5.75 Å². The average Bonchev–Trinajstić information content (AvgIpc) is 2.52. The summed E-state index contributed by atoms with van der Waals surface area (Å²) in [6.07, 6.45) is 0.170. The number of anilines is 1. The molecule has 1 atom stereocenters. The number of methoxy groups -OCH3 is 1. The Labute approximate surface area is 131 Å². The van der Waals surface area contributed by atoms with Crippen LogP contribution in [0, 0.1) is 0 Å². The molecule has 1 aromatic rings. The predicted octanol–water partition coefficient (Wildman–Crippen LogP) is 1.46. The van der Waals surface area contributed by atoms with Gasteiger partial charge in [-0.25, -0.2) is 0 Å². The zero-order chi connectivity index (χ0) is 15.2. The van der Waals surface area contributed by atoms with Crippen LogP contribution >= 0.6 is 12.2 Å². The summed E-state index contributed by atoms with van der Waals surface area (Å²) in [5.41, 5.74) is 7.49. The molecule has 0 spiro atoms. The zero-order valence-corrected chi connectivity index (χ0v) is 13.4. The molecule has 0 aromatic heterocycles. The molecule has 0 bridgehead atoms. The van der Waals surface area contributed by atoms with Crippen molar-refractivity contribution in [2.24, 2.45) is 5.73 Å². The molecule has 3 N–H and O–H groups in total. The van der Waals surface area contributed by atoms with Gasteiger partial charge in [-0.05, 0) is 18.7 Å². The number of nitrogens with one attached hydrogen (secondary N) is 1. The van der Waals surface area contributed by atoms with E-state index in [2.05, 4.69) is 17.1 Å². The van der Waals surface area contributed by atoms with Gasteiger partial charge >= 0.3 is 0 Å². The minimum absolute atomic E-state index is 0.170. The Kier molecular flexibility index (Phi) is 5.78. The summed E-state index contributed by atoms with van der Waals surface area (Å²) in [7, 11) is 1.64. The van der Waals surface area contributed by atoms with Gasteiger partial charge in [-0.2, -0.15) is 0 Å². The molecule has 5 nitrogen and oxygen atoms in total. The highest BCUT2D eigenvalue weighted by Gasteiger charge is 2.19. The molecule has 116 valence electrons. The molecule has 1 saturated heterocycles. The lowest BCUT2D eigenvalue weighted by Gasteiger charge is -2.32. The third-order valence-corrected chi connectivity index (χ3v) is 3.90. The fraction of sp³-hybridized carbons (Fsp3) is 0.533. The second kappa shape index (κ2) is 7.59. The Balaban J connectivity index is 2.02. The van der Waals surface area contributed by atoms with E-state index in [0.29, 0.717) is 4.99 Å². The van der Waals surface area contributed by atoms with Crippen LogP contribution in [0.5, 0.6) is 5.75 Å². The standard InChI is InChI=1S/C15H23N3O2S/c1-3-18-6-7-20-12(10-18)9-17-14-8-11(19-2)4-5-13(14)15(16)21/h4-5,8,12,17H,3,6-7,9-10H2,1-2H3,(H2,16,21). The van der Waals surface area contributed by atoms with Gasteiger partial charge in [0, 0.05) is 37.0 Å². The molecule has 1 unspecified atom stereocenters. The number of likely N-dealkylation sites (N-methyl/N-ethyl adjacent to an activating group) is 1. The molecule has 0 radical (unpaired) electrons. The number of hydrogen-bond donors (Lipinski definition) is 2. The molecule has 21 heavy (non-hydrogen) atoms. The smallest absolute Gasteiger partial charge is 0.120 e. The van der Waals surface area contributed by atoms with Crippen LogP contribution in [0.3, 0.4) is 0 Å². The summed E-state index contributed by atoms with van der Waals surface area (Å²) in [5, 5.41) is 3.38. The zero-order valence-electron chi connectivity index (χ0n) is 12.6. The topological polar surface area (TPSA) is 59.8 Å². The van der Waals surface area contributed by atoms with Crippen LogP contribution in [-0.2, 0) is 4.74 Å². The molecular weight excluding hydrogens is 286 g/mol. The Morgan fingerprint density at radius 1 is 1.57 bits per heavy atom. The Bertz CT molecular complexity index is 496. The summed E-state index contributed by atoms with van der Waals surface area (Å²) in [5.74, 6) is 0.775. The first-order valence-electron chi connectivity index (χ1n) is 7.19. The van der Waals surface area contributed by atoms with E-state index in [0.717, 1.165) is 49.8 Å². The maximum absolute atomic E-state index is 5.79. The fourth-order valence-corrected chi connectivity index (χ4v) is 2.60. The van der Waals surface area contributed by atoms with Gasteiger partial charge in [-0.3, -0.25) is 4.90 Å². The molecule has 0 aliphatic carbocycles. The van der Waals surface area contributed by atoms with E-state index in [1.165, 1.54) is 0 Å². The van der Waals surface area contributed by atoms with Gasteiger partial charge in [0.05, 0.1) is 19.8 Å². The van der Waals surface area contributed by atoms with Crippen molar-refractivity contribution < 1.29 is 9.47 Å². The number of hydrogen-bond acceptors (Lipinski definition) is 5. The van der Waals surface area contributed by atoms with Gasteiger partial charge < -0.3 is 20.5 Å². The summed E-state index contributed by atoms with van der Waals surface area (Å²) in [4.78, 5) is 2.76. The molecule has 1 aliphatic rings. The summed E-state index contributed by atoms with van der Waals surface area (Å²) in [6, 6.07) is 5.65. The monoisotopic (exact) mass is 309 g/mol. The number of benzene rings is 1. The number of nitrogens with two attached hydrogens (primary N) is 1. The van der Waals surface area contributed by atoms with E-state index in [1.807, 2.05) is 18.2 Å². The third kappa shape index (κ3) is 4.30. The van der Waals surface area contributed by atoms with Gasteiger partial charge in [-0.1, -0.05) is 19.1 Å². The average molecular weight is 309 g/mol. The normalized spacial score (nSPS) is 19.2. The molecule has 6 heteroatoms. The number of ether oxygens (including phenoxy) is 2. The van der Waals surface area contributed by atoms with Crippen molar-refractivity contribution in [3.05, 3.63) is 23.8 Å². The van der Waals surface area contributed by atoms with Gasteiger partial charge in [0.2, 0.25) is 0 Å². The van der Waals surface area contributed by atoms with Crippen LogP contribution in [0.2, 0.25) is 0 Å². The third-order valence-electron chi connectivity index (χ3n) is 3.68. The molecule has 1 fully saturated rings. The van der Waals surface area contributed by atoms with Crippen molar-refractivity contribution in [1.82, 2.24) is 4.90 Å². The molecule has 0 amide bonds. The minimum Gasteiger partial charge on any atom is -0.497 e. The van der Waals surface area contributed by atoms with Crippen molar-refractivity contribution in [1.29, 1.82) is 0 Å². The molecular formula is C15H23N3O2S. The van der Waals surface area contributed by atoms with Gasteiger partial charge in [-0.15, -0.1) is 0 Å². The molecule has 1 aromatic carbocycles. The largest absolute Gasteiger partial charge is 0.497 e. The quantitative estimate of drug-likeness (QED) is 0.776. The summed E-state index contributed by atoms with van der Waals surface area (Å²) >= 11 is 5.09. The van der Waals surface area contributed by atoms with Crippen LogP contribution in [0.1, 0.15) is 12.5 Å². The molecule has 1 heterocycles. The second-order valence-corrected chi connectivity index (χ2v) is 5.48. The van der Waals surface area contributed by atoms with E-state index in [4.69, 9.17) is 27.4 Å². The second-order valence-electron chi connectivity index (χ2n) is 5.04. The van der Waals surface area contributed by atoms with Crippen molar-refractivity contribution in [2.75, 3.05) is 45.2 Å². The first-order valence-corrected chi connectivity index (χ1v) is 7.60. The minimum atomic E-state index is 0.170. The van der Waals surface area contributed by atoms with Crippen molar-refractivity contribution in [2.45, 2.75) is 13.0 Å². The van der Waals surface area contributed by atoms with Crippen molar-refractivity contribution in [3.63, 3.8) is 0 Å². The molecule has 0 saturated carbocycles. The maximum atomic E-state index is 5.79. The van der Waals surface area contributed by atoms with E-state index in [-0.39, 0.29) is 6.10 Å². The highest BCUT2D eigenvalue weighted by molar-refractivity contribution is 7.80. The van der Waals surface area contributed by atoms with Crippen LogP contribution in [0.25, 0.3) is 0 Å². The van der Waals surface area contributed by atoms with Gasteiger partial charge in [0.1, 0.15) is 10.7 Å². The van der Waals surface area contributed by atoms with Crippen LogP contribution in [-0.4, -0.2) is 55.9 Å².